The summed E-state index contributed by atoms with van der Waals surface area (Å²) in [4.78, 5) is 30.1. The number of nitrogens with one attached hydrogen (secondary N) is 1. The van der Waals surface area contributed by atoms with E-state index in [0.717, 1.165) is 29.8 Å². The molecule has 1 aromatic carbocycles. The Kier molecular flexibility index (Phi) is 7.28. The molecule has 156 valence electrons. The number of rotatable bonds is 6. The zero-order chi connectivity index (χ0) is 20.8. The highest BCUT2D eigenvalue weighted by atomic mass is 32.1. The van der Waals surface area contributed by atoms with Crippen molar-refractivity contribution in [3.05, 3.63) is 45.6 Å². The van der Waals surface area contributed by atoms with Gasteiger partial charge in [0.2, 0.25) is 5.91 Å². The fourth-order valence-electron chi connectivity index (χ4n) is 3.59. The second-order valence-corrected chi connectivity index (χ2v) is 8.20. The summed E-state index contributed by atoms with van der Waals surface area (Å²) in [5.41, 5.74) is 3.02. The van der Waals surface area contributed by atoms with Crippen molar-refractivity contribution in [3.8, 4) is 5.75 Å². The summed E-state index contributed by atoms with van der Waals surface area (Å²) < 4.78 is 5.57. The van der Waals surface area contributed by atoms with Gasteiger partial charge in [0, 0.05) is 31.9 Å². The van der Waals surface area contributed by atoms with Gasteiger partial charge in [-0.3, -0.25) is 14.5 Å². The van der Waals surface area contributed by atoms with Crippen molar-refractivity contribution >= 4 is 28.8 Å². The minimum Gasteiger partial charge on any atom is -0.492 e. The molecule has 2 heterocycles. The van der Waals surface area contributed by atoms with E-state index in [9.17, 15) is 9.59 Å². The third kappa shape index (κ3) is 5.36. The number of benzene rings is 1. The van der Waals surface area contributed by atoms with E-state index in [1.165, 1.54) is 11.3 Å². The molecule has 1 aromatic heterocycles. The second-order valence-electron chi connectivity index (χ2n) is 7.28. The maximum absolute atomic E-state index is 12.9. The van der Waals surface area contributed by atoms with Crippen LogP contribution in [0.25, 0.3) is 0 Å². The molecule has 0 aliphatic carbocycles. The largest absolute Gasteiger partial charge is 0.492 e. The monoisotopic (exact) mass is 415 g/mol. The van der Waals surface area contributed by atoms with E-state index in [0.29, 0.717) is 43.4 Å². The number of anilines is 1. The Morgan fingerprint density at radius 3 is 2.59 bits per heavy atom. The second kappa shape index (κ2) is 9.89. The van der Waals surface area contributed by atoms with Crippen LogP contribution in [0, 0.1) is 13.8 Å². The maximum Gasteiger partial charge on any atom is 0.267 e. The molecule has 2 amide bonds. The van der Waals surface area contributed by atoms with Crippen molar-refractivity contribution in [1.29, 1.82) is 0 Å². The van der Waals surface area contributed by atoms with Crippen LogP contribution < -0.4 is 10.1 Å². The lowest BCUT2D eigenvalue weighted by molar-refractivity contribution is -0.117. The van der Waals surface area contributed by atoms with Crippen LogP contribution >= 0.6 is 11.3 Å². The van der Waals surface area contributed by atoms with Crippen molar-refractivity contribution in [1.82, 2.24) is 9.80 Å². The predicted molar refractivity (Wildman–Crippen MR) is 117 cm³/mol. The van der Waals surface area contributed by atoms with Crippen LogP contribution in [0.3, 0.4) is 0 Å². The van der Waals surface area contributed by atoms with Gasteiger partial charge in [0.1, 0.15) is 10.6 Å². The van der Waals surface area contributed by atoms with Gasteiger partial charge in [-0.15, -0.1) is 11.3 Å². The molecule has 0 bridgehead atoms. The normalized spacial score (nSPS) is 15.1. The number of amides is 2. The third-order valence-corrected chi connectivity index (χ3v) is 6.00. The van der Waals surface area contributed by atoms with E-state index in [1.54, 1.807) is 0 Å². The van der Waals surface area contributed by atoms with Crippen LogP contribution in [0.2, 0.25) is 0 Å². The fraction of sp³-hybridized carbons (Fsp3) is 0.455. The maximum atomic E-state index is 12.9. The third-order valence-electron chi connectivity index (χ3n) is 5.11. The smallest absolute Gasteiger partial charge is 0.267 e. The highest BCUT2D eigenvalue weighted by molar-refractivity contribution is 7.12. The number of para-hydroxylation sites is 1. The van der Waals surface area contributed by atoms with Crippen LogP contribution in [0.5, 0.6) is 5.75 Å². The highest BCUT2D eigenvalue weighted by Gasteiger charge is 2.24. The standard InChI is InChI=1S/C22H29N3O3S/c1-4-28-18-9-14-29-21(18)22(27)25-11-6-10-24(12-13-25)15-19(26)23-20-16(2)7-5-8-17(20)3/h5,7-9,14H,4,6,10-13,15H2,1-3H3,(H,23,26). The molecule has 0 saturated carbocycles. The van der Waals surface area contributed by atoms with Gasteiger partial charge in [-0.25, -0.2) is 0 Å². The number of nitrogens with zero attached hydrogens (tertiary/aromatic N) is 2. The van der Waals surface area contributed by atoms with Crippen LogP contribution in [0.15, 0.2) is 29.6 Å². The topological polar surface area (TPSA) is 61.9 Å². The SMILES string of the molecule is CCOc1ccsc1C(=O)N1CCCN(CC(=O)Nc2c(C)cccc2C)CC1. The molecule has 1 aliphatic heterocycles. The fourth-order valence-corrected chi connectivity index (χ4v) is 4.39. The Bertz CT molecular complexity index is 844. The first-order chi connectivity index (χ1) is 14.0. The van der Waals surface area contributed by atoms with E-state index >= 15 is 0 Å². The van der Waals surface area contributed by atoms with E-state index in [4.69, 9.17) is 4.74 Å². The molecule has 29 heavy (non-hydrogen) atoms. The summed E-state index contributed by atoms with van der Waals surface area (Å²) in [5, 5.41) is 4.94. The minimum atomic E-state index is -0.0148. The lowest BCUT2D eigenvalue weighted by atomic mass is 10.1. The molecule has 0 spiro atoms. The Morgan fingerprint density at radius 2 is 1.86 bits per heavy atom. The van der Waals surface area contributed by atoms with Crippen LogP contribution in [0.1, 0.15) is 34.1 Å². The number of carbonyl (C=O) groups is 2. The molecule has 1 aliphatic rings. The molecule has 0 radical (unpaired) electrons. The summed E-state index contributed by atoms with van der Waals surface area (Å²) in [6, 6.07) is 7.84. The number of hydrogen-bond acceptors (Lipinski definition) is 5. The summed E-state index contributed by atoms with van der Waals surface area (Å²) in [6.07, 6.45) is 0.845. The molecule has 1 saturated heterocycles. The molecule has 3 rings (SSSR count). The highest BCUT2D eigenvalue weighted by Crippen LogP contribution is 2.27. The van der Waals surface area contributed by atoms with E-state index in [-0.39, 0.29) is 11.8 Å². The van der Waals surface area contributed by atoms with Gasteiger partial charge in [-0.2, -0.15) is 0 Å². The summed E-state index contributed by atoms with van der Waals surface area (Å²) in [7, 11) is 0. The van der Waals surface area contributed by atoms with Gasteiger partial charge >= 0.3 is 0 Å². The van der Waals surface area contributed by atoms with Crippen LogP contribution in [0.4, 0.5) is 5.69 Å². The van der Waals surface area contributed by atoms with Crippen molar-refractivity contribution in [2.75, 3.05) is 44.6 Å². The van der Waals surface area contributed by atoms with Crippen molar-refractivity contribution in [2.24, 2.45) is 0 Å². The molecule has 7 heteroatoms. The Hall–Kier alpha value is -2.38. The lowest BCUT2D eigenvalue weighted by Crippen LogP contribution is -2.38. The molecular formula is C22H29N3O3S. The average molecular weight is 416 g/mol. The average Bonchev–Trinajstić information content (AvgIpc) is 3.02. The van der Waals surface area contributed by atoms with E-state index in [1.807, 2.05) is 55.3 Å². The zero-order valence-electron chi connectivity index (χ0n) is 17.4. The Labute approximate surface area is 176 Å². The van der Waals surface area contributed by atoms with Gasteiger partial charge in [-0.1, -0.05) is 18.2 Å². The molecular weight excluding hydrogens is 386 g/mol. The first-order valence-corrected chi connectivity index (χ1v) is 11.0. The van der Waals surface area contributed by atoms with Gasteiger partial charge in [0.05, 0.1) is 13.2 Å². The lowest BCUT2D eigenvalue weighted by Gasteiger charge is -2.22. The van der Waals surface area contributed by atoms with Crippen LogP contribution in [-0.2, 0) is 4.79 Å². The molecule has 2 aromatic rings. The van der Waals surface area contributed by atoms with E-state index < -0.39 is 0 Å². The van der Waals surface area contributed by atoms with Gasteiger partial charge in [0.25, 0.3) is 5.91 Å². The van der Waals surface area contributed by atoms with Crippen molar-refractivity contribution in [2.45, 2.75) is 27.2 Å². The summed E-state index contributed by atoms with van der Waals surface area (Å²) >= 11 is 1.42. The minimum absolute atomic E-state index is 0.0148. The molecule has 0 unspecified atom stereocenters. The molecule has 6 nitrogen and oxygen atoms in total. The number of carbonyl (C=O) groups excluding carboxylic acids is 2. The van der Waals surface area contributed by atoms with Crippen molar-refractivity contribution < 1.29 is 14.3 Å². The molecule has 1 N–H and O–H groups in total. The summed E-state index contributed by atoms with van der Waals surface area (Å²) in [5.74, 6) is 0.668. The summed E-state index contributed by atoms with van der Waals surface area (Å²) in [6.45, 7) is 9.57. The molecule has 0 atom stereocenters. The van der Waals surface area contributed by atoms with Gasteiger partial charge in [0.15, 0.2) is 0 Å². The number of hydrogen-bond donors (Lipinski definition) is 1. The first-order valence-electron chi connectivity index (χ1n) is 10.1. The number of aryl methyl sites for hydroxylation is 2. The predicted octanol–water partition coefficient (Wildman–Crippen LogP) is 3.55. The quantitative estimate of drug-likeness (QED) is 0.784. The molecule has 1 fully saturated rings. The van der Waals surface area contributed by atoms with Crippen LogP contribution in [-0.4, -0.2) is 60.9 Å². The number of ether oxygens (including phenoxy) is 1. The van der Waals surface area contributed by atoms with E-state index in [2.05, 4.69) is 10.2 Å². The van der Waals surface area contributed by atoms with Gasteiger partial charge in [-0.05, 0) is 49.8 Å². The Morgan fingerprint density at radius 1 is 1.10 bits per heavy atom. The zero-order valence-corrected chi connectivity index (χ0v) is 18.2. The van der Waals surface area contributed by atoms with Gasteiger partial charge < -0.3 is 15.0 Å². The first kappa shape index (κ1) is 21.3. The Balaban J connectivity index is 1.56. The number of thiophene rings is 1. The van der Waals surface area contributed by atoms with Crippen molar-refractivity contribution in [3.63, 3.8) is 0 Å².